The number of carbonyl (C=O) groups is 1. The van der Waals surface area contributed by atoms with Gasteiger partial charge >= 0.3 is 0 Å². The molecule has 0 saturated heterocycles. The first-order valence-electron chi connectivity index (χ1n) is 4.31. The van der Waals surface area contributed by atoms with Gasteiger partial charge in [0.05, 0.1) is 4.55 Å². The molecule has 0 N–H and O–H groups in total. The highest BCUT2D eigenvalue weighted by molar-refractivity contribution is 14.1. The van der Waals surface area contributed by atoms with Gasteiger partial charge in [-0.15, -0.1) is 0 Å². The van der Waals surface area contributed by atoms with Crippen molar-refractivity contribution in [2.45, 2.75) is 13.3 Å². The summed E-state index contributed by atoms with van der Waals surface area (Å²) in [5.41, 5.74) is 0.899. The lowest BCUT2D eigenvalue weighted by Gasteiger charge is -2.19. The van der Waals surface area contributed by atoms with Crippen molar-refractivity contribution in [3.05, 3.63) is 29.3 Å². The Morgan fingerprint density at radius 1 is 1.43 bits per heavy atom. The van der Waals surface area contributed by atoms with Crippen LogP contribution in [-0.2, 0) is 4.79 Å². The minimum atomic E-state index is 0.127. The average molecular weight is 324 g/mol. The molecular weight excluding hydrogens is 312 g/mol. The number of alkyl halides is 1. The van der Waals surface area contributed by atoms with E-state index in [9.17, 15) is 4.79 Å². The third-order valence-corrected chi connectivity index (χ3v) is 2.80. The highest BCUT2D eigenvalue weighted by Crippen LogP contribution is 2.19. The normalized spacial score (nSPS) is 9.93. The van der Waals surface area contributed by atoms with Crippen LogP contribution in [-0.4, -0.2) is 10.5 Å². The number of nitrogens with zero attached hydrogens (tertiary/aromatic N) is 1. The number of benzene rings is 1. The molecule has 1 amide bonds. The van der Waals surface area contributed by atoms with Crippen molar-refractivity contribution in [1.29, 1.82) is 0 Å². The smallest absolute Gasteiger partial charge is 0.227 e. The molecular formula is C10H11ClINO. The number of rotatable bonds is 3. The van der Waals surface area contributed by atoms with Crippen molar-refractivity contribution in [3.63, 3.8) is 0 Å². The quantitative estimate of drug-likeness (QED) is 0.474. The van der Waals surface area contributed by atoms with E-state index in [0.29, 0.717) is 16.0 Å². The van der Waals surface area contributed by atoms with Gasteiger partial charge in [0.1, 0.15) is 0 Å². The molecule has 1 aromatic carbocycles. The third kappa shape index (κ3) is 2.85. The highest BCUT2D eigenvalue weighted by atomic mass is 127. The molecule has 0 fully saturated rings. The summed E-state index contributed by atoms with van der Waals surface area (Å²) in [6.45, 7) is 1.86. The second-order valence-electron chi connectivity index (χ2n) is 2.77. The van der Waals surface area contributed by atoms with Crippen LogP contribution in [0.5, 0.6) is 0 Å². The lowest BCUT2D eigenvalue weighted by atomic mass is 10.3. The molecule has 76 valence electrons. The van der Waals surface area contributed by atoms with Gasteiger partial charge < -0.3 is 4.90 Å². The van der Waals surface area contributed by atoms with Gasteiger partial charge in [0.15, 0.2) is 0 Å². The SMILES string of the molecule is CCC(=O)N(CI)c1ccc(Cl)cc1. The van der Waals surface area contributed by atoms with Crippen LogP contribution >= 0.6 is 34.2 Å². The number of hydrogen-bond donors (Lipinski definition) is 0. The monoisotopic (exact) mass is 323 g/mol. The van der Waals surface area contributed by atoms with Crippen LogP contribution in [0.1, 0.15) is 13.3 Å². The van der Waals surface area contributed by atoms with Gasteiger partial charge in [-0.2, -0.15) is 0 Å². The van der Waals surface area contributed by atoms with E-state index in [1.807, 2.05) is 19.1 Å². The fourth-order valence-electron chi connectivity index (χ4n) is 1.09. The Bertz CT molecular complexity index is 312. The second-order valence-corrected chi connectivity index (χ2v) is 3.89. The number of amides is 1. The Kier molecular flexibility index (Phi) is 4.68. The molecule has 0 radical (unpaired) electrons. The molecule has 0 saturated carbocycles. The molecule has 0 aromatic heterocycles. The molecule has 0 aliphatic carbocycles. The topological polar surface area (TPSA) is 20.3 Å². The lowest BCUT2D eigenvalue weighted by molar-refractivity contribution is -0.118. The molecule has 1 aromatic rings. The van der Waals surface area contributed by atoms with Crippen LogP contribution in [0.25, 0.3) is 0 Å². The molecule has 4 heteroatoms. The lowest BCUT2D eigenvalue weighted by Crippen LogP contribution is -2.28. The zero-order valence-corrected chi connectivity index (χ0v) is 10.7. The van der Waals surface area contributed by atoms with Crippen molar-refractivity contribution in [3.8, 4) is 0 Å². The summed E-state index contributed by atoms with van der Waals surface area (Å²) in [6, 6.07) is 7.29. The largest absolute Gasteiger partial charge is 0.303 e. The zero-order chi connectivity index (χ0) is 10.6. The summed E-state index contributed by atoms with van der Waals surface area (Å²) in [7, 11) is 0. The van der Waals surface area contributed by atoms with Gasteiger partial charge in [-0.25, -0.2) is 0 Å². The Balaban J connectivity index is 2.89. The first kappa shape index (κ1) is 11.8. The van der Waals surface area contributed by atoms with Crippen molar-refractivity contribution in [1.82, 2.24) is 0 Å². The number of carbonyl (C=O) groups excluding carboxylic acids is 1. The van der Waals surface area contributed by atoms with Crippen molar-refractivity contribution >= 4 is 45.8 Å². The fourth-order valence-corrected chi connectivity index (χ4v) is 1.99. The van der Waals surface area contributed by atoms with Gasteiger partial charge in [-0.05, 0) is 24.3 Å². The van der Waals surface area contributed by atoms with Crippen LogP contribution in [0.2, 0.25) is 5.02 Å². The van der Waals surface area contributed by atoms with Crippen molar-refractivity contribution in [2.75, 3.05) is 9.45 Å². The summed E-state index contributed by atoms with van der Waals surface area (Å²) in [6.07, 6.45) is 0.519. The summed E-state index contributed by atoms with van der Waals surface area (Å²) in [5.74, 6) is 0.127. The van der Waals surface area contributed by atoms with E-state index >= 15 is 0 Å². The Labute approximate surface area is 102 Å². The minimum Gasteiger partial charge on any atom is -0.303 e. The third-order valence-electron chi connectivity index (χ3n) is 1.86. The van der Waals surface area contributed by atoms with Gasteiger partial charge in [-0.1, -0.05) is 41.1 Å². The minimum absolute atomic E-state index is 0.127. The molecule has 0 aliphatic rings. The van der Waals surface area contributed by atoms with Crippen molar-refractivity contribution in [2.24, 2.45) is 0 Å². The molecule has 14 heavy (non-hydrogen) atoms. The zero-order valence-electron chi connectivity index (χ0n) is 7.84. The molecule has 0 aliphatic heterocycles. The number of halogens is 2. The van der Waals surface area contributed by atoms with Gasteiger partial charge in [0.2, 0.25) is 5.91 Å². The predicted molar refractivity (Wildman–Crippen MR) is 68.1 cm³/mol. The van der Waals surface area contributed by atoms with E-state index in [0.717, 1.165) is 5.69 Å². The molecule has 0 heterocycles. The molecule has 0 atom stereocenters. The first-order chi connectivity index (χ1) is 6.69. The highest BCUT2D eigenvalue weighted by Gasteiger charge is 2.11. The van der Waals surface area contributed by atoms with E-state index in [1.54, 1.807) is 17.0 Å². The standard InChI is InChI=1S/C10H11ClINO/c1-2-10(14)13(7-12)9-5-3-8(11)4-6-9/h3-6H,2,7H2,1H3. The molecule has 0 spiro atoms. The molecule has 2 nitrogen and oxygen atoms in total. The summed E-state index contributed by atoms with van der Waals surface area (Å²) < 4.78 is 0.659. The average Bonchev–Trinajstić information content (AvgIpc) is 2.21. The van der Waals surface area contributed by atoms with Crippen molar-refractivity contribution < 1.29 is 4.79 Å². The van der Waals surface area contributed by atoms with E-state index in [4.69, 9.17) is 11.6 Å². The van der Waals surface area contributed by atoms with Gasteiger partial charge in [0, 0.05) is 17.1 Å². The Hall–Kier alpha value is -0.290. The summed E-state index contributed by atoms with van der Waals surface area (Å²) >= 11 is 7.94. The van der Waals surface area contributed by atoms with E-state index < -0.39 is 0 Å². The second kappa shape index (κ2) is 5.56. The molecule has 1 rings (SSSR count). The van der Waals surface area contributed by atoms with Gasteiger partial charge in [0.25, 0.3) is 0 Å². The van der Waals surface area contributed by atoms with Crippen LogP contribution in [0, 0.1) is 0 Å². The number of hydrogen-bond acceptors (Lipinski definition) is 1. The van der Waals surface area contributed by atoms with Crippen LogP contribution in [0.15, 0.2) is 24.3 Å². The van der Waals surface area contributed by atoms with Crippen LogP contribution in [0.4, 0.5) is 5.69 Å². The summed E-state index contributed by atoms with van der Waals surface area (Å²) in [4.78, 5) is 13.2. The maximum Gasteiger partial charge on any atom is 0.227 e. The fraction of sp³-hybridized carbons (Fsp3) is 0.300. The number of anilines is 1. The maximum atomic E-state index is 11.5. The molecule has 0 unspecified atom stereocenters. The van der Waals surface area contributed by atoms with E-state index in [-0.39, 0.29) is 5.91 Å². The maximum absolute atomic E-state index is 11.5. The predicted octanol–water partition coefficient (Wildman–Crippen LogP) is 3.48. The van der Waals surface area contributed by atoms with Crippen LogP contribution in [0.3, 0.4) is 0 Å². The Morgan fingerprint density at radius 2 is 2.00 bits per heavy atom. The molecule has 0 bridgehead atoms. The van der Waals surface area contributed by atoms with E-state index in [2.05, 4.69) is 22.6 Å². The van der Waals surface area contributed by atoms with Crippen LogP contribution < -0.4 is 4.90 Å². The summed E-state index contributed by atoms with van der Waals surface area (Å²) in [5, 5.41) is 0.686. The van der Waals surface area contributed by atoms with Gasteiger partial charge in [-0.3, -0.25) is 4.79 Å². The first-order valence-corrected chi connectivity index (χ1v) is 6.21. The Morgan fingerprint density at radius 3 is 2.43 bits per heavy atom. The van der Waals surface area contributed by atoms with E-state index in [1.165, 1.54) is 0 Å².